The van der Waals surface area contributed by atoms with E-state index in [1.54, 1.807) is 0 Å². The summed E-state index contributed by atoms with van der Waals surface area (Å²) < 4.78 is 19.8. The van der Waals surface area contributed by atoms with Crippen LogP contribution in [0.1, 0.15) is 44.5 Å². The average molecular weight is 996 g/mol. The summed E-state index contributed by atoms with van der Waals surface area (Å²) in [7, 11) is 0. The summed E-state index contributed by atoms with van der Waals surface area (Å²) in [6, 6.07) is 99.3. The molecule has 17 rings (SSSR count). The summed E-state index contributed by atoms with van der Waals surface area (Å²) in [5.74, 6) is 3.51. The van der Waals surface area contributed by atoms with Gasteiger partial charge in [-0.3, -0.25) is 0 Å². The quantitative estimate of drug-likeness (QED) is 0.172. The molecule has 12 aromatic carbocycles. The van der Waals surface area contributed by atoms with Crippen molar-refractivity contribution in [3.05, 3.63) is 317 Å². The Morgan fingerprint density at radius 3 is 1.44 bits per heavy atom. The minimum Gasteiger partial charge on any atom is -0.457 e. The van der Waals surface area contributed by atoms with Crippen LogP contribution in [-0.2, 0) is 10.8 Å². The fourth-order valence-electron chi connectivity index (χ4n) is 14.2. The zero-order chi connectivity index (χ0) is 51.1. The predicted octanol–water partition coefficient (Wildman–Crippen LogP) is 19.3. The Kier molecular flexibility index (Phi) is 8.94. The lowest BCUT2D eigenvalue weighted by molar-refractivity contribution is 0.436. The number of ether oxygens (including phenoxy) is 2. The first-order chi connectivity index (χ1) is 38.7. The van der Waals surface area contributed by atoms with Gasteiger partial charge in [-0.2, -0.15) is 0 Å². The molecule has 4 aliphatic rings. The van der Waals surface area contributed by atoms with E-state index in [0.717, 1.165) is 107 Å². The molecular formula is C74H45NO3. The Hall–Kier alpha value is -10.2. The summed E-state index contributed by atoms with van der Waals surface area (Å²) >= 11 is 0. The second-order valence-corrected chi connectivity index (χ2v) is 20.9. The first-order valence-electron chi connectivity index (χ1n) is 26.8. The molecule has 0 radical (unpaired) electrons. The van der Waals surface area contributed by atoms with Crippen LogP contribution in [0.2, 0.25) is 0 Å². The summed E-state index contributed by atoms with van der Waals surface area (Å²) in [5.41, 5.74) is 22.7. The molecule has 0 N–H and O–H groups in total. The molecule has 3 heterocycles. The van der Waals surface area contributed by atoms with Crippen LogP contribution in [0.5, 0.6) is 23.0 Å². The third kappa shape index (κ3) is 5.73. The van der Waals surface area contributed by atoms with Crippen molar-refractivity contribution in [1.29, 1.82) is 0 Å². The lowest BCUT2D eigenvalue weighted by Crippen LogP contribution is -2.32. The van der Waals surface area contributed by atoms with E-state index >= 15 is 0 Å². The number of anilines is 3. The molecule has 4 nitrogen and oxygen atoms in total. The zero-order valence-electron chi connectivity index (χ0n) is 42.2. The van der Waals surface area contributed by atoms with Crippen molar-refractivity contribution in [3.63, 3.8) is 0 Å². The largest absolute Gasteiger partial charge is 0.457 e. The molecule has 0 saturated heterocycles. The monoisotopic (exact) mass is 995 g/mol. The van der Waals surface area contributed by atoms with E-state index in [1.165, 1.54) is 44.5 Å². The number of benzene rings is 12. The summed E-state index contributed by atoms with van der Waals surface area (Å²) in [6.45, 7) is 0. The standard InChI is InChI=1S/C74H45NO3/c1-4-24-56-52(20-1)53-43-40-48(45-63(53)74(56)60-28-8-13-35-68(60)78-69-36-14-9-29-61(69)74)47-18-15-19-50(44-47)75(49-41-38-46(39-42-49)51-23-16-37-70-71(51)55-22-3-10-32-65(55)76-70)64-31-17-30-62-72(64)54-21-2-5-25-57(54)73(62)58-26-6-11-33-66(58)77-67-34-12-7-27-59(67)73/h1-45H. The first kappa shape index (κ1) is 43.1. The fraction of sp³-hybridized carbons (Fsp3) is 0.0270. The van der Waals surface area contributed by atoms with Crippen LogP contribution < -0.4 is 14.4 Å². The van der Waals surface area contributed by atoms with Gasteiger partial charge in [0, 0.05) is 50.0 Å². The van der Waals surface area contributed by atoms with Crippen molar-refractivity contribution in [2.45, 2.75) is 10.8 Å². The van der Waals surface area contributed by atoms with Crippen molar-refractivity contribution in [1.82, 2.24) is 0 Å². The van der Waals surface area contributed by atoms with E-state index in [9.17, 15) is 0 Å². The molecule has 4 heteroatoms. The van der Waals surface area contributed by atoms with Crippen molar-refractivity contribution in [2.24, 2.45) is 0 Å². The van der Waals surface area contributed by atoms with Crippen LogP contribution in [0.3, 0.4) is 0 Å². The Morgan fingerprint density at radius 2 is 0.756 bits per heavy atom. The van der Waals surface area contributed by atoms with Crippen LogP contribution in [0.4, 0.5) is 17.1 Å². The van der Waals surface area contributed by atoms with Crippen molar-refractivity contribution < 1.29 is 13.9 Å². The minimum atomic E-state index is -0.629. The zero-order valence-corrected chi connectivity index (χ0v) is 42.2. The van der Waals surface area contributed by atoms with Crippen molar-refractivity contribution >= 4 is 39.0 Å². The maximum Gasteiger partial charge on any atom is 0.136 e. The predicted molar refractivity (Wildman–Crippen MR) is 314 cm³/mol. The third-order valence-electron chi connectivity index (χ3n) is 17.2. The topological polar surface area (TPSA) is 34.8 Å². The lowest BCUT2D eigenvalue weighted by Gasteiger charge is -2.39. The van der Waals surface area contributed by atoms with Crippen molar-refractivity contribution in [3.8, 4) is 67.5 Å². The van der Waals surface area contributed by atoms with Crippen LogP contribution >= 0.6 is 0 Å². The van der Waals surface area contributed by atoms with Gasteiger partial charge in [-0.15, -0.1) is 0 Å². The van der Waals surface area contributed by atoms with E-state index in [1.807, 2.05) is 6.07 Å². The second-order valence-electron chi connectivity index (χ2n) is 20.9. The number of hydrogen-bond donors (Lipinski definition) is 0. The Labute approximate surface area is 451 Å². The van der Waals surface area contributed by atoms with Gasteiger partial charge >= 0.3 is 0 Å². The van der Waals surface area contributed by atoms with Gasteiger partial charge in [-0.25, -0.2) is 0 Å². The van der Waals surface area contributed by atoms with Gasteiger partial charge in [0.15, 0.2) is 0 Å². The molecule has 2 aliphatic carbocycles. The number of hydrogen-bond acceptors (Lipinski definition) is 4. The van der Waals surface area contributed by atoms with E-state index in [-0.39, 0.29) is 0 Å². The highest BCUT2D eigenvalue weighted by molar-refractivity contribution is 6.12. The molecule has 1 aromatic heterocycles. The number of rotatable bonds is 5. The van der Waals surface area contributed by atoms with Crippen molar-refractivity contribution in [2.75, 3.05) is 4.90 Å². The fourth-order valence-corrected chi connectivity index (χ4v) is 14.2. The normalized spacial score (nSPS) is 14.1. The molecule has 0 unspecified atom stereocenters. The molecule has 0 fully saturated rings. The van der Waals surface area contributed by atoms with Gasteiger partial charge in [0.2, 0.25) is 0 Å². The second kappa shape index (κ2) is 16.2. The minimum absolute atomic E-state index is 0.582. The van der Waals surface area contributed by atoms with Crippen LogP contribution in [0, 0.1) is 0 Å². The maximum atomic E-state index is 6.75. The lowest BCUT2D eigenvalue weighted by atomic mass is 9.66. The highest BCUT2D eigenvalue weighted by Gasteiger charge is 2.53. The van der Waals surface area contributed by atoms with Gasteiger partial charge in [0.05, 0.1) is 16.5 Å². The molecule has 2 spiro atoms. The molecular weight excluding hydrogens is 951 g/mol. The van der Waals surface area contributed by atoms with Crippen LogP contribution in [0.15, 0.2) is 277 Å². The molecule has 0 atom stereocenters. The van der Waals surface area contributed by atoms with Gasteiger partial charge in [-0.1, -0.05) is 200 Å². The van der Waals surface area contributed by atoms with Gasteiger partial charge < -0.3 is 18.8 Å². The third-order valence-corrected chi connectivity index (χ3v) is 17.2. The Bertz CT molecular complexity index is 4570. The molecule has 364 valence electrons. The van der Waals surface area contributed by atoms with E-state index < -0.39 is 10.8 Å². The highest BCUT2D eigenvalue weighted by Crippen LogP contribution is 2.65. The average Bonchev–Trinajstić information content (AvgIpc) is 3.48. The summed E-state index contributed by atoms with van der Waals surface area (Å²) in [6.07, 6.45) is 0. The van der Waals surface area contributed by atoms with Crippen LogP contribution in [-0.4, -0.2) is 0 Å². The van der Waals surface area contributed by atoms with Crippen LogP contribution in [0.25, 0.3) is 66.4 Å². The van der Waals surface area contributed by atoms with E-state index in [2.05, 4.69) is 272 Å². The molecule has 0 saturated carbocycles. The summed E-state index contributed by atoms with van der Waals surface area (Å²) in [4.78, 5) is 2.47. The summed E-state index contributed by atoms with van der Waals surface area (Å²) in [5, 5.41) is 2.23. The van der Waals surface area contributed by atoms with E-state index in [4.69, 9.17) is 13.9 Å². The molecule has 0 bridgehead atoms. The molecule has 0 amide bonds. The Morgan fingerprint density at radius 1 is 0.282 bits per heavy atom. The number of nitrogens with zero attached hydrogens (tertiary/aromatic N) is 1. The first-order valence-corrected chi connectivity index (χ1v) is 26.8. The SMILES string of the molecule is c1cc(-c2ccc3c(c2)C2(c4ccccc4Oc4ccccc42)c2ccccc2-3)cc(N(c2ccc(-c3cccc4oc5ccccc5c34)cc2)c2cccc3c2-c2ccccc2C32c3ccccc3Oc3ccccc32)c1. The highest BCUT2D eigenvalue weighted by atomic mass is 16.5. The molecule has 2 aliphatic heterocycles. The number of para-hydroxylation sites is 5. The number of fused-ring (bicyclic) bond motifs is 21. The molecule has 13 aromatic rings. The van der Waals surface area contributed by atoms with E-state index in [0.29, 0.717) is 0 Å². The smallest absolute Gasteiger partial charge is 0.136 e. The van der Waals surface area contributed by atoms with Gasteiger partial charge in [0.25, 0.3) is 0 Å². The Balaban J connectivity index is 0.887. The van der Waals surface area contributed by atoms with Gasteiger partial charge in [-0.05, 0) is 134 Å². The number of furan rings is 1. The van der Waals surface area contributed by atoms with Gasteiger partial charge in [0.1, 0.15) is 34.2 Å². The molecule has 78 heavy (non-hydrogen) atoms. The maximum absolute atomic E-state index is 6.75.